The topological polar surface area (TPSA) is 98.8 Å². The van der Waals surface area contributed by atoms with E-state index in [4.69, 9.17) is 0 Å². The van der Waals surface area contributed by atoms with Crippen LogP contribution in [0.3, 0.4) is 0 Å². The van der Waals surface area contributed by atoms with E-state index in [1.807, 2.05) is 72.8 Å². The molecular formula is C32H26N4O4. The fraction of sp³-hybridized carbons (Fsp3) is 0.188. The van der Waals surface area contributed by atoms with Crippen molar-refractivity contribution in [1.82, 2.24) is 10.6 Å². The van der Waals surface area contributed by atoms with Crippen LogP contribution in [0.25, 0.3) is 0 Å². The summed E-state index contributed by atoms with van der Waals surface area (Å²) in [5.74, 6) is -0.935. The molecule has 40 heavy (non-hydrogen) atoms. The Bertz CT molecular complexity index is 1530. The third-order valence-electron chi connectivity index (χ3n) is 8.49. The summed E-state index contributed by atoms with van der Waals surface area (Å²) in [6, 6.07) is 22.9. The van der Waals surface area contributed by atoms with E-state index >= 15 is 0 Å². The van der Waals surface area contributed by atoms with Crippen LogP contribution in [0.5, 0.6) is 0 Å². The number of carbonyl (C=O) groups excluding carboxylic acids is 4. The second-order valence-corrected chi connectivity index (χ2v) is 10.9. The second kappa shape index (κ2) is 8.26. The zero-order valence-electron chi connectivity index (χ0n) is 21.7. The van der Waals surface area contributed by atoms with E-state index in [0.717, 1.165) is 33.6 Å². The van der Waals surface area contributed by atoms with E-state index < -0.39 is 11.1 Å². The number of anilines is 2. The van der Waals surface area contributed by atoms with Gasteiger partial charge in [-0.3, -0.25) is 19.2 Å². The summed E-state index contributed by atoms with van der Waals surface area (Å²) in [6.45, 7) is 8.35. The van der Waals surface area contributed by atoms with Crippen LogP contribution in [0.15, 0.2) is 97.1 Å². The molecule has 0 bridgehead atoms. The summed E-state index contributed by atoms with van der Waals surface area (Å²) in [7, 11) is 0. The maximum atomic E-state index is 13.7. The molecule has 4 aliphatic heterocycles. The molecule has 198 valence electrons. The molecule has 2 spiro atoms. The second-order valence-electron chi connectivity index (χ2n) is 10.9. The first-order valence-corrected chi connectivity index (χ1v) is 13.1. The predicted molar refractivity (Wildman–Crippen MR) is 149 cm³/mol. The first kappa shape index (κ1) is 24.1. The molecule has 0 aliphatic carbocycles. The number of para-hydroxylation sites is 2. The fourth-order valence-electron chi connectivity index (χ4n) is 6.52. The average Bonchev–Trinajstić information content (AvgIpc) is 3.58. The van der Waals surface area contributed by atoms with Crippen LogP contribution in [0.1, 0.15) is 35.1 Å². The zero-order valence-corrected chi connectivity index (χ0v) is 21.7. The molecule has 2 saturated heterocycles. The minimum absolute atomic E-state index is 0.172. The lowest BCUT2D eigenvalue weighted by Crippen LogP contribution is -2.47. The standard InChI is InChI=1S/C32H26N4O4/c1-19-15-31(33-27(19)37)23-7-3-5-9-25(23)35(29(31)39)17-21-11-13-22(14-12-21)18-36-26-10-6-4-8-24(26)32(30(36)40)16-20(2)28(38)34-32/h3-14H,1-2,15-18H2,(H,33,37)(H,34,38). The molecule has 8 nitrogen and oxygen atoms in total. The van der Waals surface area contributed by atoms with Gasteiger partial charge in [-0.2, -0.15) is 0 Å². The Labute approximate surface area is 231 Å². The Kier molecular flexibility index (Phi) is 4.97. The number of fused-ring (bicyclic) bond motifs is 4. The Balaban J connectivity index is 1.14. The number of benzene rings is 3. The van der Waals surface area contributed by atoms with Crippen molar-refractivity contribution in [2.75, 3.05) is 9.80 Å². The normalized spacial score (nSPS) is 24.8. The predicted octanol–water partition coefficient (Wildman–Crippen LogP) is 3.32. The lowest BCUT2D eigenvalue weighted by Gasteiger charge is -2.24. The average molecular weight is 531 g/mol. The van der Waals surface area contributed by atoms with Gasteiger partial charge < -0.3 is 20.4 Å². The van der Waals surface area contributed by atoms with Gasteiger partial charge in [-0.1, -0.05) is 73.8 Å². The molecule has 0 radical (unpaired) electrons. The molecule has 4 aliphatic rings. The first-order valence-electron chi connectivity index (χ1n) is 13.1. The van der Waals surface area contributed by atoms with Crippen molar-refractivity contribution in [3.8, 4) is 0 Å². The summed E-state index contributed by atoms with van der Waals surface area (Å²) in [4.78, 5) is 55.4. The van der Waals surface area contributed by atoms with Crippen molar-refractivity contribution in [1.29, 1.82) is 0 Å². The van der Waals surface area contributed by atoms with Crippen LogP contribution in [0.4, 0.5) is 11.4 Å². The van der Waals surface area contributed by atoms with Gasteiger partial charge in [0.15, 0.2) is 11.1 Å². The van der Waals surface area contributed by atoms with Crippen LogP contribution in [-0.4, -0.2) is 23.6 Å². The van der Waals surface area contributed by atoms with Gasteiger partial charge in [0.25, 0.3) is 11.8 Å². The van der Waals surface area contributed by atoms with E-state index in [9.17, 15) is 19.2 Å². The van der Waals surface area contributed by atoms with E-state index in [1.165, 1.54) is 0 Å². The van der Waals surface area contributed by atoms with Crippen LogP contribution >= 0.6 is 0 Å². The summed E-state index contributed by atoms with van der Waals surface area (Å²) >= 11 is 0. The van der Waals surface area contributed by atoms with E-state index in [2.05, 4.69) is 23.8 Å². The Morgan fingerprint density at radius 3 is 1.32 bits per heavy atom. The maximum absolute atomic E-state index is 13.7. The molecule has 0 saturated carbocycles. The lowest BCUT2D eigenvalue weighted by atomic mass is 9.89. The number of nitrogens with zero attached hydrogens (tertiary/aromatic N) is 2. The van der Waals surface area contributed by atoms with Crippen LogP contribution in [0, 0.1) is 0 Å². The van der Waals surface area contributed by atoms with Gasteiger partial charge in [0.05, 0.1) is 24.5 Å². The number of carbonyl (C=O) groups is 4. The quantitative estimate of drug-likeness (QED) is 0.506. The molecule has 4 amide bonds. The molecule has 2 N–H and O–H groups in total. The van der Waals surface area contributed by atoms with Crippen molar-refractivity contribution in [3.05, 3.63) is 119 Å². The number of hydrogen-bond acceptors (Lipinski definition) is 4. The number of hydrogen-bond donors (Lipinski definition) is 2. The summed E-state index contributed by atoms with van der Waals surface area (Å²) in [6.07, 6.45) is 0.496. The monoisotopic (exact) mass is 530 g/mol. The van der Waals surface area contributed by atoms with Crippen molar-refractivity contribution in [3.63, 3.8) is 0 Å². The van der Waals surface area contributed by atoms with Crippen LogP contribution < -0.4 is 20.4 Å². The Morgan fingerprint density at radius 2 is 0.975 bits per heavy atom. The molecule has 2 fully saturated rings. The molecule has 3 aromatic carbocycles. The van der Waals surface area contributed by atoms with Crippen LogP contribution in [-0.2, 0) is 43.3 Å². The van der Waals surface area contributed by atoms with Crippen molar-refractivity contribution < 1.29 is 19.2 Å². The SMILES string of the molecule is C=C1CC2(NC1=O)C(=O)N(Cc1ccc(CN3C(=O)C4(CC(=C)C(=O)N4)c4ccccc43)cc1)c1ccccc12. The van der Waals surface area contributed by atoms with Gasteiger partial charge in [-0.25, -0.2) is 0 Å². The minimum Gasteiger partial charge on any atom is -0.334 e. The highest BCUT2D eigenvalue weighted by Gasteiger charge is 2.57. The lowest BCUT2D eigenvalue weighted by molar-refractivity contribution is -0.127. The molecule has 8 heteroatoms. The molecule has 2 atom stereocenters. The highest BCUT2D eigenvalue weighted by atomic mass is 16.2. The Hall–Kier alpha value is -4.98. The van der Waals surface area contributed by atoms with E-state index in [0.29, 0.717) is 24.2 Å². The highest BCUT2D eigenvalue weighted by molar-refractivity contribution is 6.14. The Morgan fingerprint density at radius 1 is 0.600 bits per heavy atom. The molecular weight excluding hydrogens is 504 g/mol. The van der Waals surface area contributed by atoms with Gasteiger partial charge in [-0.05, 0) is 23.3 Å². The van der Waals surface area contributed by atoms with Crippen molar-refractivity contribution in [2.24, 2.45) is 0 Å². The number of amides is 4. The fourth-order valence-corrected chi connectivity index (χ4v) is 6.52. The molecule has 4 heterocycles. The maximum Gasteiger partial charge on any atom is 0.258 e. The van der Waals surface area contributed by atoms with Crippen molar-refractivity contribution in [2.45, 2.75) is 37.0 Å². The summed E-state index contributed by atoms with van der Waals surface area (Å²) in [5, 5.41) is 5.78. The third-order valence-corrected chi connectivity index (χ3v) is 8.49. The van der Waals surface area contributed by atoms with E-state index in [1.54, 1.807) is 9.80 Å². The van der Waals surface area contributed by atoms with Gasteiger partial charge in [0, 0.05) is 35.1 Å². The largest absolute Gasteiger partial charge is 0.334 e. The van der Waals surface area contributed by atoms with Crippen LogP contribution in [0.2, 0.25) is 0 Å². The smallest absolute Gasteiger partial charge is 0.258 e. The molecule has 7 rings (SSSR count). The molecule has 2 unspecified atom stereocenters. The van der Waals surface area contributed by atoms with Gasteiger partial charge >= 0.3 is 0 Å². The zero-order chi connectivity index (χ0) is 27.8. The van der Waals surface area contributed by atoms with Gasteiger partial charge in [-0.15, -0.1) is 0 Å². The summed E-state index contributed by atoms with van der Waals surface area (Å²) < 4.78 is 0. The third kappa shape index (κ3) is 3.19. The first-order chi connectivity index (χ1) is 19.2. The van der Waals surface area contributed by atoms with E-state index in [-0.39, 0.29) is 36.5 Å². The molecule has 3 aromatic rings. The highest BCUT2D eigenvalue weighted by Crippen LogP contribution is 2.48. The number of rotatable bonds is 4. The van der Waals surface area contributed by atoms with Gasteiger partial charge in [0.1, 0.15) is 0 Å². The number of nitrogens with one attached hydrogen (secondary N) is 2. The van der Waals surface area contributed by atoms with Crippen molar-refractivity contribution >= 4 is 35.0 Å². The minimum atomic E-state index is -1.11. The molecule has 0 aromatic heterocycles. The summed E-state index contributed by atoms with van der Waals surface area (Å²) in [5.41, 5.74) is 3.53. The van der Waals surface area contributed by atoms with Gasteiger partial charge in [0.2, 0.25) is 11.8 Å².